The van der Waals surface area contributed by atoms with Gasteiger partial charge in [-0.2, -0.15) is 0 Å². The Hall–Kier alpha value is -3.07. The van der Waals surface area contributed by atoms with Crippen molar-refractivity contribution in [1.29, 1.82) is 0 Å². The standard InChI is InChI=1S/C15H13N5O3S/c1-9-7-20-8-10(2-5-14(20)16-9)19-24(22,23)11-3-4-12-13(6-11)18-15(21)17-12/h2-8,19H,1H3,(H2,17,18,21). The lowest BCUT2D eigenvalue weighted by molar-refractivity contribution is 0.601. The van der Waals surface area contributed by atoms with Crippen LogP contribution in [0.2, 0.25) is 0 Å². The molecule has 3 heterocycles. The molecule has 9 heteroatoms. The van der Waals surface area contributed by atoms with Gasteiger partial charge in [-0.3, -0.25) is 4.72 Å². The molecule has 0 radical (unpaired) electrons. The normalized spacial score (nSPS) is 12.0. The number of benzene rings is 1. The van der Waals surface area contributed by atoms with Crippen LogP contribution < -0.4 is 10.4 Å². The maximum Gasteiger partial charge on any atom is 0.323 e. The predicted octanol–water partition coefficient (Wildman–Crippen LogP) is 1.61. The average Bonchev–Trinajstić information content (AvgIpc) is 3.05. The van der Waals surface area contributed by atoms with Gasteiger partial charge in [-0.05, 0) is 37.3 Å². The highest BCUT2D eigenvalue weighted by Crippen LogP contribution is 2.19. The molecule has 0 amide bonds. The number of imidazole rings is 2. The highest BCUT2D eigenvalue weighted by Gasteiger charge is 2.16. The number of anilines is 1. The van der Waals surface area contributed by atoms with Crippen molar-refractivity contribution < 1.29 is 8.42 Å². The lowest BCUT2D eigenvalue weighted by Gasteiger charge is -2.08. The number of nitrogens with zero attached hydrogens (tertiary/aromatic N) is 2. The van der Waals surface area contributed by atoms with Gasteiger partial charge in [0.2, 0.25) is 0 Å². The molecule has 0 unspecified atom stereocenters. The zero-order chi connectivity index (χ0) is 16.9. The van der Waals surface area contributed by atoms with Crippen molar-refractivity contribution >= 4 is 32.4 Å². The lowest BCUT2D eigenvalue weighted by atomic mass is 10.3. The van der Waals surface area contributed by atoms with Crippen LogP contribution >= 0.6 is 0 Å². The van der Waals surface area contributed by atoms with Crippen molar-refractivity contribution in [2.24, 2.45) is 0 Å². The van der Waals surface area contributed by atoms with Gasteiger partial charge in [0.15, 0.2) is 0 Å². The summed E-state index contributed by atoms with van der Waals surface area (Å²) in [6, 6.07) is 7.78. The van der Waals surface area contributed by atoms with Crippen molar-refractivity contribution in [3.05, 3.63) is 58.9 Å². The molecule has 0 atom stereocenters. The molecule has 0 saturated carbocycles. The fourth-order valence-electron chi connectivity index (χ4n) is 2.57. The summed E-state index contributed by atoms with van der Waals surface area (Å²) in [4.78, 5) is 20.8. The lowest BCUT2D eigenvalue weighted by Crippen LogP contribution is -2.13. The second-order valence-electron chi connectivity index (χ2n) is 5.46. The summed E-state index contributed by atoms with van der Waals surface area (Å²) in [5.74, 6) is 0. The molecule has 4 aromatic rings. The number of aromatic nitrogens is 4. The molecule has 0 bridgehead atoms. The number of H-pyrrole nitrogens is 2. The molecule has 24 heavy (non-hydrogen) atoms. The predicted molar refractivity (Wildman–Crippen MR) is 89.7 cm³/mol. The Morgan fingerprint density at radius 1 is 1.08 bits per heavy atom. The summed E-state index contributed by atoms with van der Waals surface area (Å²) in [6.07, 6.45) is 3.47. The van der Waals surface area contributed by atoms with Crippen LogP contribution in [0.25, 0.3) is 16.7 Å². The third-order valence-electron chi connectivity index (χ3n) is 3.62. The number of aromatic amines is 2. The van der Waals surface area contributed by atoms with E-state index in [-0.39, 0.29) is 10.6 Å². The zero-order valence-corrected chi connectivity index (χ0v) is 13.4. The van der Waals surface area contributed by atoms with Crippen molar-refractivity contribution in [1.82, 2.24) is 19.4 Å². The largest absolute Gasteiger partial charge is 0.323 e. The zero-order valence-electron chi connectivity index (χ0n) is 12.6. The van der Waals surface area contributed by atoms with Crippen LogP contribution in [-0.2, 0) is 10.0 Å². The molecule has 122 valence electrons. The van der Waals surface area contributed by atoms with Crippen LogP contribution in [0.15, 0.2) is 52.4 Å². The Bertz CT molecular complexity index is 1230. The van der Waals surface area contributed by atoms with E-state index in [0.29, 0.717) is 16.7 Å². The minimum Gasteiger partial charge on any atom is -0.306 e. The van der Waals surface area contributed by atoms with Gasteiger partial charge in [-0.15, -0.1) is 0 Å². The van der Waals surface area contributed by atoms with Crippen LogP contribution in [0, 0.1) is 6.92 Å². The second kappa shape index (κ2) is 4.96. The Kier molecular flexibility index (Phi) is 3.00. The minimum absolute atomic E-state index is 0.0622. The SMILES string of the molecule is Cc1cn2cc(NS(=O)(=O)c3ccc4[nH]c(=O)[nH]c4c3)ccc2n1. The summed E-state index contributed by atoms with van der Waals surface area (Å²) in [5.41, 5.74) is 2.60. The number of fused-ring (bicyclic) bond motifs is 2. The van der Waals surface area contributed by atoms with Crippen molar-refractivity contribution in [2.45, 2.75) is 11.8 Å². The summed E-state index contributed by atoms with van der Waals surface area (Å²) in [5, 5.41) is 0. The highest BCUT2D eigenvalue weighted by atomic mass is 32.2. The van der Waals surface area contributed by atoms with E-state index >= 15 is 0 Å². The Labute approximate surface area is 136 Å². The van der Waals surface area contributed by atoms with Gasteiger partial charge < -0.3 is 14.4 Å². The van der Waals surface area contributed by atoms with E-state index in [9.17, 15) is 13.2 Å². The highest BCUT2D eigenvalue weighted by molar-refractivity contribution is 7.92. The number of sulfonamides is 1. The molecule has 3 aromatic heterocycles. The minimum atomic E-state index is -3.78. The van der Waals surface area contributed by atoms with Crippen LogP contribution in [-0.4, -0.2) is 27.8 Å². The third-order valence-corrected chi connectivity index (χ3v) is 5.00. The monoisotopic (exact) mass is 343 g/mol. The molecule has 3 N–H and O–H groups in total. The Morgan fingerprint density at radius 2 is 1.88 bits per heavy atom. The molecule has 0 aliphatic rings. The quantitative estimate of drug-likeness (QED) is 0.524. The summed E-state index contributed by atoms with van der Waals surface area (Å²) in [7, 11) is -3.78. The van der Waals surface area contributed by atoms with Gasteiger partial charge in [0.05, 0.1) is 27.3 Å². The fourth-order valence-corrected chi connectivity index (χ4v) is 3.64. The fraction of sp³-hybridized carbons (Fsp3) is 0.0667. The van der Waals surface area contributed by atoms with Crippen molar-refractivity contribution in [3.63, 3.8) is 0 Å². The molecular formula is C15H13N5O3S. The number of pyridine rings is 1. The third kappa shape index (κ3) is 2.44. The van der Waals surface area contributed by atoms with E-state index in [1.165, 1.54) is 12.1 Å². The topological polar surface area (TPSA) is 112 Å². The van der Waals surface area contributed by atoms with Gasteiger partial charge >= 0.3 is 5.69 Å². The first-order valence-electron chi connectivity index (χ1n) is 7.11. The van der Waals surface area contributed by atoms with Gasteiger partial charge in [-0.1, -0.05) is 0 Å². The van der Waals surface area contributed by atoms with E-state index in [2.05, 4.69) is 19.7 Å². The number of aryl methyl sites for hydroxylation is 1. The molecule has 0 aliphatic heterocycles. The molecule has 4 rings (SSSR count). The van der Waals surface area contributed by atoms with E-state index < -0.39 is 10.0 Å². The van der Waals surface area contributed by atoms with Crippen molar-refractivity contribution in [2.75, 3.05) is 4.72 Å². The average molecular weight is 343 g/mol. The molecule has 0 aliphatic carbocycles. The smallest absolute Gasteiger partial charge is 0.306 e. The number of rotatable bonds is 3. The second-order valence-corrected chi connectivity index (χ2v) is 7.14. The van der Waals surface area contributed by atoms with Crippen LogP contribution in [0.3, 0.4) is 0 Å². The van der Waals surface area contributed by atoms with E-state index in [1.807, 2.05) is 13.1 Å². The van der Waals surface area contributed by atoms with E-state index in [0.717, 1.165) is 11.3 Å². The maximum absolute atomic E-state index is 12.6. The number of hydrogen-bond acceptors (Lipinski definition) is 4. The van der Waals surface area contributed by atoms with Crippen LogP contribution in [0.1, 0.15) is 5.69 Å². The Balaban J connectivity index is 1.73. The first-order valence-corrected chi connectivity index (χ1v) is 8.59. The van der Waals surface area contributed by atoms with Crippen LogP contribution in [0.4, 0.5) is 5.69 Å². The molecule has 8 nitrogen and oxygen atoms in total. The van der Waals surface area contributed by atoms with Crippen LogP contribution in [0.5, 0.6) is 0 Å². The maximum atomic E-state index is 12.6. The number of nitrogens with one attached hydrogen (secondary N) is 3. The molecular weight excluding hydrogens is 330 g/mol. The van der Waals surface area contributed by atoms with Crippen molar-refractivity contribution in [3.8, 4) is 0 Å². The molecule has 0 spiro atoms. The Morgan fingerprint density at radius 3 is 2.71 bits per heavy atom. The van der Waals surface area contributed by atoms with Gasteiger partial charge in [-0.25, -0.2) is 18.2 Å². The summed E-state index contributed by atoms with van der Waals surface area (Å²) in [6.45, 7) is 1.86. The van der Waals surface area contributed by atoms with E-state index in [1.54, 1.807) is 28.8 Å². The first-order chi connectivity index (χ1) is 11.4. The van der Waals surface area contributed by atoms with E-state index in [4.69, 9.17) is 0 Å². The molecule has 0 saturated heterocycles. The summed E-state index contributed by atoms with van der Waals surface area (Å²) < 4.78 is 29.4. The summed E-state index contributed by atoms with van der Waals surface area (Å²) >= 11 is 0. The molecule has 1 aromatic carbocycles. The first kappa shape index (κ1) is 14.5. The van der Waals surface area contributed by atoms with Gasteiger partial charge in [0, 0.05) is 12.4 Å². The number of hydrogen-bond donors (Lipinski definition) is 3. The van der Waals surface area contributed by atoms with Gasteiger partial charge in [0.1, 0.15) is 5.65 Å². The molecule has 0 fully saturated rings. The van der Waals surface area contributed by atoms with Gasteiger partial charge in [0.25, 0.3) is 10.0 Å².